The molecule has 0 aliphatic carbocycles. The van der Waals surface area contributed by atoms with Gasteiger partial charge in [-0.05, 0) is 6.07 Å². The molecule has 1 heterocycles. The first-order valence-electron chi connectivity index (χ1n) is 3.98. The summed E-state index contributed by atoms with van der Waals surface area (Å²) in [6.07, 6.45) is 0. The Bertz CT molecular complexity index is 426. The van der Waals surface area contributed by atoms with E-state index in [0.717, 1.165) is 0 Å². The molecule has 72 valence electrons. The van der Waals surface area contributed by atoms with Gasteiger partial charge in [0, 0.05) is 6.07 Å². The SMILES string of the molecule is COc1cc2c(cc1OC)C(=O)N=N2. The van der Waals surface area contributed by atoms with Crippen LogP contribution in [0.1, 0.15) is 10.4 Å². The highest BCUT2D eigenvalue weighted by atomic mass is 16.5. The number of hydrogen-bond donors (Lipinski definition) is 0. The Hall–Kier alpha value is -1.91. The van der Waals surface area contributed by atoms with Crippen LogP contribution >= 0.6 is 0 Å². The van der Waals surface area contributed by atoms with E-state index in [1.807, 2.05) is 0 Å². The minimum Gasteiger partial charge on any atom is -0.493 e. The smallest absolute Gasteiger partial charge is 0.297 e. The van der Waals surface area contributed by atoms with Crippen molar-refractivity contribution in [2.24, 2.45) is 10.2 Å². The van der Waals surface area contributed by atoms with Gasteiger partial charge in [0.25, 0.3) is 5.91 Å². The molecule has 0 bridgehead atoms. The van der Waals surface area contributed by atoms with Crippen molar-refractivity contribution < 1.29 is 14.3 Å². The zero-order valence-electron chi connectivity index (χ0n) is 7.77. The van der Waals surface area contributed by atoms with Gasteiger partial charge in [-0.15, -0.1) is 10.2 Å². The molecule has 1 aliphatic heterocycles. The predicted octanol–water partition coefficient (Wildman–Crippen LogP) is 1.94. The van der Waals surface area contributed by atoms with Crippen molar-refractivity contribution in [3.63, 3.8) is 0 Å². The second-order valence-corrected chi connectivity index (χ2v) is 2.73. The number of nitrogens with zero attached hydrogens (tertiary/aromatic N) is 2. The van der Waals surface area contributed by atoms with Crippen molar-refractivity contribution in [2.75, 3.05) is 14.2 Å². The van der Waals surface area contributed by atoms with E-state index in [0.29, 0.717) is 22.7 Å². The zero-order valence-corrected chi connectivity index (χ0v) is 7.77. The average molecular weight is 192 g/mol. The van der Waals surface area contributed by atoms with Crippen molar-refractivity contribution in [1.82, 2.24) is 0 Å². The fourth-order valence-electron chi connectivity index (χ4n) is 1.28. The molecule has 0 fully saturated rings. The highest BCUT2D eigenvalue weighted by Gasteiger charge is 2.20. The summed E-state index contributed by atoms with van der Waals surface area (Å²) in [5.74, 6) is 0.702. The molecular formula is C9H8N2O3. The summed E-state index contributed by atoms with van der Waals surface area (Å²) in [4.78, 5) is 11.2. The first-order valence-corrected chi connectivity index (χ1v) is 3.98. The van der Waals surface area contributed by atoms with E-state index in [2.05, 4.69) is 10.2 Å². The summed E-state index contributed by atoms with van der Waals surface area (Å²) < 4.78 is 10.1. The van der Waals surface area contributed by atoms with Crippen molar-refractivity contribution in [3.05, 3.63) is 17.7 Å². The standard InChI is InChI=1S/C9H8N2O3/c1-13-7-3-5-6(4-8(7)14-2)10-11-9(5)12/h3-4H,1-2H3. The molecular weight excluding hydrogens is 184 g/mol. The predicted molar refractivity (Wildman–Crippen MR) is 48.4 cm³/mol. The van der Waals surface area contributed by atoms with Gasteiger partial charge in [0.2, 0.25) is 0 Å². The molecule has 2 rings (SSSR count). The first kappa shape index (κ1) is 8.68. The fraction of sp³-hybridized carbons (Fsp3) is 0.222. The van der Waals surface area contributed by atoms with E-state index in [1.165, 1.54) is 14.2 Å². The molecule has 1 aliphatic rings. The second kappa shape index (κ2) is 3.10. The van der Waals surface area contributed by atoms with Crippen LogP contribution in [-0.2, 0) is 0 Å². The molecule has 0 unspecified atom stereocenters. The Morgan fingerprint density at radius 3 is 2.36 bits per heavy atom. The normalized spacial score (nSPS) is 12.9. The van der Waals surface area contributed by atoms with Crippen LogP contribution in [0.5, 0.6) is 11.5 Å². The Kier molecular flexibility index (Phi) is 1.92. The Morgan fingerprint density at radius 2 is 1.71 bits per heavy atom. The van der Waals surface area contributed by atoms with E-state index in [-0.39, 0.29) is 5.91 Å². The van der Waals surface area contributed by atoms with Crippen LogP contribution in [0, 0.1) is 0 Å². The third-order valence-corrected chi connectivity index (χ3v) is 1.98. The number of rotatable bonds is 2. The monoisotopic (exact) mass is 192 g/mol. The summed E-state index contributed by atoms with van der Waals surface area (Å²) >= 11 is 0. The molecule has 0 saturated heterocycles. The quantitative estimate of drug-likeness (QED) is 0.719. The molecule has 0 atom stereocenters. The summed E-state index contributed by atoms with van der Waals surface area (Å²) in [5, 5.41) is 7.13. The number of azo groups is 1. The molecule has 14 heavy (non-hydrogen) atoms. The molecule has 0 saturated carbocycles. The molecule has 1 aromatic rings. The summed E-state index contributed by atoms with van der Waals surface area (Å²) in [5.41, 5.74) is 0.968. The van der Waals surface area contributed by atoms with Crippen LogP contribution in [0.2, 0.25) is 0 Å². The summed E-state index contributed by atoms with van der Waals surface area (Å²) in [7, 11) is 3.04. The van der Waals surface area contributed by atoms with Gasteiger partial charge in [0.05, 0.1) is 19.8 Å². The molecule has 1 aromatic carbocycles. The number of hydrogen-bond acceptors (Lipinski definition) is 4. The lowest BCUT2D eigenvalue weighted by molar-refractivity contribution is 0.100. The van der Waals surface area contributed by atoms with Crippen LogP contribution in [0.15, 0.2) is 22.4 Å². The van der Waals surface area contributed by atoms with Crippen molar-refractivity contribution in [1.29, 1.82) is 0 Å². The van der Waals surface area contributed by atoms with E-state index in [9.17, 15) is 4.79 Å². The highest BCUT2D eigenvalue weighted by Crippen LogP contribution is 2.37. The average Bonchev–Trinajstić information content (AvgIpc) is 2.58. The summed E-state index contributed by atoms with van der Waals surface area (Å²) in [6.45, 7) is 0. The van der Waals surface area contributed by atoms with Gasteiger partial charge in [-0.2, -0.15) is 0 Å². The zero-order chi connectivity index (χ0) is 10.1. The molecule has 0 aromatic heterocycles. The van der Waals surface area contributed by atoms with Crippen molar-refractivity contribution in [2.45, 2.75) is 0 Å². The van der Waals surface area contributed by atoms with E-state index >= 15 is 0 Å². The number of benzene rings is 1. The minimum absolute atomic E-state index is 0.346. The maximum absolute atomic E-state index is 11.2. The van der Waals surface area contributed by atoms with Crippen LogP contribution in [0.25, 0.3) is 0 Å². The number of ether oxygens (including phenoxy) is 2. The number of methoxy groups -OCH3 is 2. The van der Waals surface area contributed by atoms with E-state index in [4.69, 9.17) is 9.47 Å². The fourth-order valence-corrected chi connectivity index (χ4v) is 1.28. The molecule has 1 amide bonds. The van der Waals surface area contributed by atoms with Gasteiger partial charge in [-0.1, -0.05) is 0 Å². The van der Waals surface area contributed by atoms with Gasteiger partial charge in [-0.25, -0.2) is 0 Å². The van der Waals surface area contributed by atoms with Crippen LogP contribution in [0.4, 0.5) is 5.69 Å². The Morgan fingerprint density at radius 1 is 1.07 bits per heavy atom. The maximum Gasteiger partial charge on any atom is 0.297 e. The third-order valence-electron chi connectivity index (χ3n) is 1.98. The van der Waals surface area contributed by atoms with Gasteiger partial charge < -0.3 is 9.47 Å². The Labute approximate surface area is 80.4 Å². The number of fused-ring (bicyclic) bond motifs is 1. The van der Waals surface area contributed by atoms with Crippen LogP contribution in [0.3, 0.4) is 0 Å². The molecule has 0 radical (unpaired) electrons. The van der Waals surface area contributed by atoms with Crippen molar-refractivity contribution in [3.8, 4) is 11.5 Å². The lowest BCUT2D eigenvalue weighted by Gasteiger charge is -2.07. The van der Waals surface area contributed by atoms with E-state index in [1.54, 1.807) is 12.1 Å². The Balaban J connectivity index is 2.58. The maximum atomic E-state index is 11.2. The number of amides is 1. The van der Waals surface area contributed by atoms with Crippen molar-refractivity contribution >= 4 is 11.6 Å². The lowest BCUT2D eigenvalue weighted by atomic mass is 10.1. The molecule has 0 spiro atoms. The topological polar surface area (TPSA) is 60.2 Å². The van der Waals surface area contributed by atoms with Gasteiger partial charge in [0.1, 0.15) is 5.69 Å². The van der Waals surface area contributed by atoms with Gasteiger partial charge in [-0.3, -0.25) is 4.79 Å². The molecule has 5 heteroatoms. The number of carbonyl (C=O) groups is 1. The largest absolute Gasteiger partial charge is 0.493 e. The first-order chi connectivity index (χ1) is 6.76. The van der Waals surface area contributed by atoms with Gasteiger partial charge in [0.15, 0.2) is 11.5 Å². The second-order valence-electron chi connectivity index (χ2n) is 2.73. The van der Waals surface area contributed by atoms with Crippen LogP contribution < -0.4 is 9.47 Å². The molecule has 0 N–H and O–H groups in total. The molecule has 5 nitrogen and oxygen atoms in total. The van der Waals surface area contributed by atoms with Crippen LogP contribution in [-0.4, -0.2) is 20.1 Å². The minimum atomic E-state index is -0.346. The van der Waals surface area contributed by atoms with Gasteiger partial charge >= 0.3 is 0 Å². The lowest BCUT2D eigenvalue weighted by Crippen LogP contribution is -1.94. The third kappa shape index (κ3) is 1.14. The number of carbonyl (C=O) groups excluding carboxylic acids is 1. The van der Waals surface area contributed by atoms with E-state index < -0.39 is 0 Å². The highest BCUT2D eigenvalue weighted by molar-refractivity contribution is 6.02. The summed E-state index contributed by atoms with van der Waals surface area (Å²) in [6, 6.07) is 3.21.